The summed E-state index contributed by atoms with van der Waals surface area (Å²) in [6.07, 6.45) is 1.97. The largest absolute Gasteiger partial charge is 0.493 e. The first kappa shape index (κ1) is 20.8. The Bertz CT molecular complexity index is 1180. The fourth-order valence-corrected chi connectivity index (χ4v) is 5.42. The topological polar surface area (TPSA) is 97.4 Å². The molecule has 9 nitrogen and oxygen atoms in total. The molecular formula is C25H25N3O6. The van der Waals surface area contributed by atoms with Crippen LogP contribution in [0.2, 0.25) is 0 Å². The molecule has 0 aromatic heterocycles. The molecule has 0 saturated carbocycles. The minimum Gasteiger partial charge on any atom is -0.493 e. The number of nitrogens with one attached hydrogen (secondary N) is 1. The number of fused-ring (bicyclic) bond motifs is 3. The molecule has 4 aliphatic heterocycles. The van der Waals surface area contributed by atoms with Crippen LogP contribution in [0.4, 0.5) is 4.79 Å². The maximum Gasteiger partial charge on any atom is 0.325 e. The minimum absolute atomic E-state index is 0.137. The lowest BCUT2D eigenvalue weighted by Gasteiger charge is -2.33. The molecular weight excluding hydrogens is 438 g/mol. The molecule has 9 heteroatoms. The van der Waals surface area contributed by atoms with Crippen LogP contribution in [0, 0.1) is 0 Å². The number of ether oxygens (including phenoxy) is 3. The number of benzene rings is 2. The van der Waals surface area contributed by atoms with Gasteiger partial charge in [-0.25, -0.2) is 4.79 Å². The van der Waals surface area contributed by atoms with Crippen LogP contribution in [0.25, 0.3) is 0 Å². The Labute approximate surface area is 196 Å². The zero-order chi connectivity index (χ0) is 23.3. The van der Waals surface area contributed by atoms with Crippen LogP contribution >= 0.6 is 0 Å². The van der Waals surface area contributed by atoms with E-state index >= 15 is 0 Å². The highest BCUT2D eigenvalue weighted by Gasteiger charge is 2.55. The van der Waals surface area contributed by atoms with Crippen molar-refractivity contribution in [3.63, 3.8) is 0 Å². The maximum absolute atomic E-state index is 13.5. The van der Waals surface area contributed by atoms with Gasteiger partial charge in [0.25, 0.3) is 5.91 Å². The molecule has 4 heterocycles. The lowest BCUT2D eigenvalue weighted by Crippen LogP contribution is -2.48. The van der Waals surface area contributed by atoms with Crippen LogP contribution in [0.1, 0.15) is 36.4 Å². The fourth-order valence-electron chi connectivity index (χ4n) is 5.42. The number of likely N-dealkylation sites (tertiary alicyclic amines) is 1. The number of para-hydroxylation sites is 1. The van der Waals surface area contributed by atoms with Gasteiger partial charge in [-0.15, -0.1) is 0 Å². The summed E-state index contributed by atoms with van der Waals surface area (Å²) in [6.45, 7) is 1.60. The molecule has 4 amide bonds. The number of amides is 4. The van der Waals surface area contributed by atoms with E-state index in [2.05, 4.69) is 5.32 Å². The van der Waals surface area contributed by atoms with Gasteiger partial charge in [0.15, 0.2) is 17.0 Å². The third-order valence-electron chi connectivity index (χ3n) is 7.07. The summed E-state index contributed by atoms with van der Waals surface area (Å²) < 4.78 is 17.0. The summed E-state index contributed by atoms with van der Waals surface area (Å²) in [5.74, 6) is 1.30. The first-order valence-electron chi connectivity index (χ1n) is 11.6. The van der Waals surface area contributed by atoms with Crippen molar-refractivity contribution in [1.29, 1.82) is 0 Å². The molecule has 176 valence electrons. The van der Waals surface area contributed by atoms with E-state index in [1.807, 2.05) is 30.3 Å². The SMILES string of the molecule is O=C1N[C@@]2(CCOc3ccccc32)C(=O)N1CC(=O)N1CCC[C@@H]1c1ccc2c(c1)OCCO2. The average Bonchev–Trinajstić information content (AvgIpc) is 3.44. The van der Waals surface area contributed by atoms with Crippen molar-refractivity contribution in [2.24, 2.45) is 0 Å². The average molecular weight is 463 g/mol. The maximum atomic E-state index is 13.5. The summed E-state index contributed by atoms with van der Waals surface area (Å²) in [7, 11) is 0. The molecule has 0 unspecified atom stereocenters. The number of hydrogen-bond donors (Lipinski definition) is 1. The second kappa shape index (κ2) is 7.93. The number of imide groups is 1. The van der Waals surface area contributed by atoms with Gasteiger partial charge in [-0.2, -0.15) is 0 Å². The van der Waals surface area contributed by atoms with Gasteiger partial charge in [0, 0.05) is 18.5 Å². The lowest BCUT2D eigenvalue weighted by atomic mass is 9.84. The highest BCUT2D eigenvalue weighted by Crippen LogP contribution is 2.42. The molecule has 34 heavy (non-hydrogen) atoms. The van der Waals surface area contributed by atoms with E-state index in [1.54, 1.807) is 17.0 Å². The summed E-state index contributed by atoms with van der Waals surface area (Å²) >= 11 is 0. The monoisotopic (exact) mass is 463 g/mol. The summed E-state index contributed by atoms with van der Waals surface area (Å²) in [6, 6.07) is 12.3. The molecule has 6 rings (SSSR count). The van der Waals surface area contributed by atoms with Crippen molar-refractivity contribution < 1.29 is 28.6 Å². The number of urea groups is 1. The quantitative estimate of drug-likeness (QED) is 0.702. The van der Waals surface area contributed by atoms with Crippen LogP contribution < -0.4 is 19.5 Å². The second-order valence-corrected chi connectivity index (χ2v) is 8.97. The molecule has 2 aromatic rings. The normalized spacial score (nSPS) is 25.2. The lowest BCUT2D eigenvalue weighted by molar-refractivity contribution is -0.140. The van der Waals surface area contributed by atoms with Crippen molar-refractivity contribution in [1.82, 2.24) is 15.1 Å². The summed E-state index contributed by atoms with van der Waals surface area (Å²) in [4.78, 5) is 42.5. The molecule has 0 bridgehead atoms. The third-order valence-corrected chi connectivity index (χ3v) is 7.07. The predicted octanol–water partition coefficient (Wildman–Crippen LogP) is 2.35. The third kappa shape index (κ3) is 3.18. The number of carbonyl (C=O) groups excluding carboxylic acids is 3. The number of rotatable bonds is 3. The number of nitrogens with zero attached hydrogens (tertiary/aromatic N) is 2. The van der Waals surface area contributed by atoms with Gasteiger partial charge in [0.1, 0.15) is 25.5 Å². The van der Waals surface area contributed by atoms with E-state index in [0.29, 0.717) is 55.6 Å². The van der Waals surface area contributed by atoms with Gasteiger partial charge >= 0.3 is 6.03 Å². The molecule has 2 aromatic carbocycles. The van der Waals surface area contributed by atoms with Gasteiger partial charge in [-0.3, -0.25) is 14.5 Å². The van der Waals surface area contributed by atoms with Gasteiger partial charge in [-0.05, 0) is 36.6 Å². The highest BCUT2D eigenvalue weighted by molar-refractivity contribution is 6.09. The van der Waals surface area contributed by atoms with Crippen molar-refractivity contribution in [3.05, 3.63) is 53.6 Å². The van der Waals surface area contributed by atoms with Gasteiger partial charge in [0.05, 0.1) is 12.6 Å². The molecule has 1 N–H and O–H groups in total. The molecule has 2 atom stereocenters. The second-order valence-electron chi connectivity index (χ2n) is 8.97. The molecule has 2 fully saturated rings. The fraction of sp³-hybridized carbons (Fsp3) is 0.400. The Kier molecular flexibility index (Phi) is 4.86. The van der Waals surface area contributed by atoms with E-state index < -0.39 is 17.5 Å². The van der Waals surface area contributed by atoms with Crippen LogP contribution in [0.3, 0.4) is 0 Å². The first-order chi connectivity index (χ1) is 16.6. The molecule has 2 saturated heterocycles. The van der Waals surface area contributed by atoms with Crippen LogP contribution in [-0.2, 0) is 15.1 Å². The predicted molar refractivity (Wildman–Crippen MR) is 120 cm³/mol. The van der Waals surface area contributed by atoms with E-state index in [4.69, 9.17) is 14.2 Å². The van der Waals surface area contributed by atoms with E-state index in [0.717, 1.165) is 23.3 Å². The summed E-state index contributed by atoms with van der Waals surface area (Å²) in [5, 5.41) is 2.85. The Balaban J connectivity index is 1.22. The summed E-state index contributed by atoms with van der Waals surface area (Å²) in [5.41, 5.74) is 0.402. The zero-order valence-electron chi connectivity index (χ0n) is 18.6. The van der Waals surface area contributed by atoms with E-state index in [-0.39, 0.29) is 18.5 Å². The molecule has 1 spiro atoms. The molecule has 0 aliphatic carbocycles. The van der Waals surface area contributed by atoms with Crippen molar-refractivity contribution in [2.75, 3.05) is 32.9 Å². The Hall–Kier alpha value is -3.75. The molecule has 0 radical (unpaired) electrons. The van der Waals surface area contributed by atoms with Crippen LogP contribution in [0.15, 0.2) is 42.5 Å². The Morgan fingerprint density at radius 2 is 1.79 bits per heavy atom. The number of carbonyl (C=O) groups is 3. The van der Waals surface area contributed by atoms with Gasteiger partial charge in [-0.1, -0.05) is 24.3 Å². The van der Waals surface area contributed by atoms with Crippen molar-refractivity contribution >= 4 is 17.8 Å². The Morgan fingerprint density at radius 1 is 1.00 bits per heavy atom. The highest BCUT2D eigenvalue weighted by atomic mass is 16.6. The minimum atomic E-state index is -1.19. The van der Waals surface area contributed by atoms with Crippen LogP contribution in [0.5, 0.6) is 17.2 Å². The molecule has 4 aliphatic rings. The van der Waals surface area contributed by atoms with E-state index in [9.17, 15) is 14.4 Å². The van der Waals surface area contributed by atoms with Gasteiger partial charge < -0.3 is 24.4 Å². The standard InChI is InChI=1S/C25H25N3O6/c29-22(27-10-3-5-18(27)16-7-8-20-21(14-16)34-13-12-33-20)15-28-23(30)25(26-24(28)31)9-11-32-19-6-2-1-4-17(19)25/h1-2,4,6-8,14,18H,3,5,9-13,15H2,(H,26,31)/t18-,25-/m1/s1. The Morgan fingerprint density at radius 3 is 2.68 bits per heavy atom. The smallest absolute Gasteiger partial charge is 0.325 e. The zero-order valence-corrected chi connectivity index (χ0v) is 18.6. The van der Waals surface area contributed by atoms with Gasteiger partial charge in [0.2, 0.25) is 5.91 Å². The number of hydrogen-bond acceptors (Lipinski definition) is 6. The van der Waals surface area contributed by atoms with Crippen LogP contribution in [-0.4, -0.2) is 60.6 Å². The van der Waals surface area contributed by atoms with Crippen molar-refractivity contribution in [3.8, 4) is 17.2 Å². The first-order valence-corrected chi connectivity index (χ1v) is 11.6. The van der Waals surface area contributed by atoms with Crippen molar-refractivity contribution in [2.45, 2.75) is 30.8 Å². The van der Waals surface area contributed by atoms with E-state index in [1.165, 1.54) is 0 Å².